The van der Waals surface area contributed by atoms with Crippen LogP contribution >= 0.6 is 11.8 Å². The summed E-state index contributed by atoms with van der Waals surface area (Å²) < 4.78 is 0. The van der Waals surface area contributed by atoms with Gasteiger partial charge >= 0.3 is 0 Å². The van der Waals surface area contributed by atoms with E-state index < -0.39 is 16.5 Å². The Morgan fingerprint density at radius 3 is 2.47 bits per heavy atom. The van der Waals surface area contributed by atoms with E-state index in [1.807, 2.05) is 45.0 Å². The molecule has 3 aliphatic rings. The Kier molecular flexibility index (Phi) is 5.37. The molecular weight excluding hydrogens is 398 g/mol. The minimum atomic E-state index is -1.15. The molecule has 0 aromatic heterocycles. The van der Waals surface area contributed by atoms with E-state index in [0.29, 0.717) is 5.75 Å². The molecule has 2 unspecified atom stereocenters. The van der Waals surface area contributed by atoms with Crippen molar-refractivity contribution in [3.8, 4) is 0 Å². The Morgan fingerprint density at radius 1 is 1.13 bits per heavy atom. The van der Waals surface area contributed by atoms with Crippen molar-refractivity contribution < 1.29 is 14.4 Å². The molecule has 1 spiro atoms. The standard InChI is InChI=1S/C23H31N3O3S/c1-22(2,3)24-19(27)18-14-30-23(26(18)20(28)15-10-6-5-7-11-15)16-12-8-9-13-17(16)25(4)21(23)29/h8-9,12-13,15,18H,5-7,10-11,14H2,1-4H3,(H,24,27). The molecule has 7 heteroatoms. The van der Waals surface area contributed by atoms with Crippen LogP contribution in [0.15, 0.2) is 24.3 Å². The number of nitrogens with zero attached hydrogens (tertiary/aromatic N) is 2. The third-order valence-electron chi connectivity index (χ3n) is 6.32. The number of rotatable bonds is 2. The second-order valence-corrected chi connectivity index (χ2v) is 10.8. The minimum Gasteiger partial charge on any atom is -0.350 e. The number of hydrogen-bond donors (Lipinski definition) is 1. The van der Waals surface area contributed by atoms with Crippen molar-refractivity contribution in [2.45, 2.75) is 69.3 Å². The van der Waals surface area contributed by atoms with E-state index in [9.17, 15) is 14.4 Å². The summed E-state index contributed by atoms with van der Waals surface area (Å²) in [7, 11) is 1.75. The van der Waals surface area contributed by atoms with Crippen LogP contribution in [0, 0.1) is 5.92 Å². The second-order valence-electron chi connectivity index (χ2n) is 9.63. The lowest BCUT2D eigenvalue weighted by Gasteiger charge is -2.39. The van der Waals surface area contributed by atoms with Crippen LogP contribution in [0.5, 0.6) is 0 Å². The first-order valence-corrected chi connectivity index (χ1v) is 11.8. The Labute approximate surface area is 182 Å². The van der Waals surface area contributed by atoms with Gasteiger partial charge in [0.1, 0.15) is 6.04 Å². The van der Waals surface area contributed by atoms with Gasteiger partial charge in [-0.25, -0.2) is 0 Å². The lowest BCUT2D eigenvalue weighted by atomic mass is 9.87. The zero-order valence-corrected chi connectivity index (χ0v) is 19.1. The van der Waals surface area contributed by atoms with Crippen molar-refractivity contribution in [2.24, 2.45) is 5.92 Å². The Hall–Kier alpha value is -2.02. The molecule has 0 radical (unpaired) electrons. The van der Waals surface area contributed by atoms with E-state index in [1.54, 1.807) is 16.8 Å². The minimum absolute atomic E-state index is 0.0489. The highest BCUT2D eigenvalue weighted by molar-refractivity contribution is 8.01. The van der Waals surface area contributed by atoms with Gasteiger partial charge in [-0.1, -0.05) is 37.5 Å². The van der Waals surface area contributed by atoms with Gasteiger partial charge in [-0.15, -0.1) is 11.8 Å². The van der Waals surface area contributed by atoms with Gasteiger partial charge in [-0.3, -0.25) is 14.4 Å². The predicted molar refractivity (Wildman–Crippen MR) is 119 cm³/mol. The molecule has 0 bridgehead atoms. The highest BCUT2D eigenvalue weighted by Crippen LogP contribution is 2.56. The van der Waals surface area contributed by atoms with Gasteiger partial charge in [0, 0.05) is 29.8 Å². The number of anilines is 1. The van der Waals surface area contributed by atoms with Gasteiger partial charge in [-0.05, 0) is 39.7 Å². The summed E-state index contributed by atoms with van der Waals surface area (Å²) in [6.45, 7) is 5.79. The third kappa shape index (κ3) is 3.31. The smallest absolute Gasteiger partial charge is 0.268 e. The molecule has 1 N–H and O–H groups in total. The van der Waals surface area contributed by atoms with Gasteiger partial charge in [-0.2, -0.15) is 0 Å². The largest absolute Gasteiger partial charge is 0.350 e. The Morgan fingerprint density at radius 2 is 1.80 bits per heavy atom. The fraction of sp³-hybridized carbons (Fsp3) is 0.609. The number of benzene rings is 1. The molecule has 1 aromatic carbocycles. The van der Waals surface area contributed by atoms with E-state index in [2.05, 4.69) is 5.32 Å². The molecule has 1 saturated carbocycles. The van der Waals surface area contributed by atoms with Crippen molar-refractivity contribution >= 4 is 35.2 Å². The lowest BCUT2D eigenvalue weighted by molar-refractivity contribution is -0.150. The van der Waals surface area contributed by atoms with E-state index in [4.69, 9.17) is 0 Å². The van der Waals surface area contributed by atoms with Crippen LogP contribution in [-0.2, 0) is 19.3 Å². The summed E-state index contributed by atoms with van der Waals surface area (Å²) in [5.74, 6) is -0.0778. The molecule has 1 aromatic rings. The summed E-state index contributed by atoms with van der Waals surface area (Å²) in [4.78, 5) is 42.9. The molecular formula is C23H31N3O3S. The predicted octanol–water partition coefficient (Wildman–Crippen LogP) is 3.25. The number of carbonyl (C=O) groups is 3. The number of para-hydroxylation sites is 1. The first-order chi connectivity index (χ1) is 14.2. The van der Waals surface area contributed by atoms with Gasteiger partial charge in [0.2, 0.25) is 11.8 Å². The maximum Gasteiger partial charge on any atom is 0.268 e. The van der Waals surface area contributed by atoms with Crippen LogP contribution in [0.25, 0.3) is 0 Å². The summed E-state index contributed by atoms with van der Waals surface area (Å²) in [6.07, 6.45) is 4.84. The molecule has 162 valence electrons. The van der Waals surface area contributed by atoms with E-state index >= 15 is 0 Å². The summed E-state index contributed by atoms with van der Waals surface area (Å²) in [5.41, 5.74) is 1.22. The Balaban J connectivity index is 1.79. The Bertz CT molecular complexity index is 875. The maximum absolute atomic E-state index is 13.9. The maximum atomic E-state index is 13.9. The number of amides is 3. The first-order valence-electron chi connectivity index (χ1n) is 10.8. The van der Waals surface area contributed by atoms with Crippen LogP contribution in [0.1, 0.15) is 58.4 Å². The molecule has 1 saturated heterocycles. The van der Waals surface area contributed by atoms with Crippen LogP contribution < -0.4 is 10.2 Å². The molecule has 6 nitrogen and oxygen atoms in total. The van der Waals surface area contributed by atoms with Gasteiger partial charge < -0.3 is 15.1 Å². The van der Waals surface area contributed by atoms with Gasteiger partial charge in [0.05, 0.1) is 5.69 Å². The zero-order valence-electron chi connectivity index (χ0n) is 18.2. The van der Waals surface area contributed by atoms with E-state index in [1.165, 1.54) is 11.8 Å². The molecule has 2 atom stereocenters. The topological polar surface area (TPSA) is 69.7 Å². The summed E-state index contributed by atoms with van der Waals surface area (Å²) in [5, 5.41) is 3.03. The molecule has 4 rings (SSSR count). The number of hydrogen-bond acceptors (Lipinski definition) is 4. The first kappa shape index (κ1) is 21.2. The molecule has 30 heavy (non-hydrogen) atoms. The third-order valence-corrected chi connectivity index (χ3v) is 7.81. The molecule has 3 amide bonds. The van der Waals surface area contributed by atoms with Crippen molar-refractivity contribution in [3.05, 3.63) is 29.8 Å². The monoisotopic (exact) mass is 429 g/mol. The molecule has 2 heterocycles. The number of likely N-dealkylation sites (N-methyl/N-ethyl adjacent to an activating group) is 1. The van der Waals surface area contributed by atoms with Crippen molar-refractivity contribution in [1.82, 2.24) is 10.2 Å². The fourth-order valence-electron chi connectivity index (χ4n) is 4.94. The number of carbonyl (C=O) groups excluding carboxylic acids is 3. The fourth-order valence-corrected chi connectivity index (χ4v) is 6.59. The summed E-state index contributed by atoms with van der Waals surface area (Å²) in [6, 6.07) is 6.98. The van der Waals surface area contributed by atoms with Crippen LogP contribution in [0.4, 0.5) is 5.69 Å². The normalized spacial score (nSPS) is 26.9. The van der Waals surface area contributed by atoms with Gasteiger partial charge in [0.25, 0.3) is 5.91 Å². The average molecular weight is 430 g/mol. The van der Waals surface area contributed by atoms with E-state index in [-0.39, 0.29) is 23.6 Å². The number of thioether (sulfide) groups is 1. The quantitative estimate of drug-likeness (QED) is 0.784. The number of nitrogens with one attached hydrogen (secondary N) is 1. The highest BCUT2D eigenvalue weighted by Gasteiger charge is 2.63. The SMILES string of the molecule is CN1C(=O)C2(SCC(C(=O)NC(C)(C)C)N2C(=O)C2CCCCC2)c2ccccc21. The number of fused-ring (bicyclic) bond motifs is 2. The second kappa shape index (κ2) is 7.59. The van der Waals surface area contributed by atoms with Gasteiger partial charge in [0.15, 0.2) is 4.87 Å². The highest BCUT2D eigenvalue weighted by atomic mass is 32.2. The zero-order chi connectivity index (χ0) is 21.7. The lowest BCUT2D eigenvalue weighted by Crippen LogP contribution is -2.59. The van der Waals surface area contributed by atoms with Crippen molar-refractivity contribution in [1.29, 1.82) is 0 Å². The van der Waals surface area contributed by atoms with E-state index in [0.717, 1.165) is 43.4 Å². The van der Waals surface area contributed by atoms with Crippen molar-refractivity contribution in [2.75, 3.05) is 17.7 Å². The van der Waals surface area contributed by atoms with Crippen molar-refractivity contribution in [3.63, 3.8) is 0 Å². The average Bonchev–Trinajstić information content (AvgIpc) is 3.21. The molecule has 1 aliphatic carbocycles. The van der Waals surface area contributed by atoms with Crippen LogP contribution in [-0.4, -0.2) is 47.0 Å². The molecule has 2 fully saturated rings. The van der Waals surface area contributed by atoms with Crippen LogP contribution in [0.2, 0.25) is 0 Å². The summed E-state index contributed by atoms with van der Waals surface area (Å²) >= 11 is 1.42. The van der Waals surface area contributed by atoms with Crippen LogP contribution in [0.3, 0.4) is 0 Å². The molecule has 2 aliphatic heterocycles.